The van der Waals surface area contributed by atoms with Crippen LogP contribution in [0, 0.1) is 6.92 Å². The number of carbonyl (C=O) groups is 3. The Morgan fingerprint density at radius 1 is 0.862 bits per heavy atom. The molecule has 0 fully saturated rings. The van der Waals surface area contributed by atoms with Crippen LogP contribution in [0.25, 0.3) is 0 Å². The number of benzene rings is 3. The quantitative estimate of drug-likeness (QED) is 0.482. The van der Waals surface area contributed by atoms with Crippen molar-refractivity contribution in [1.29, 1.82) is 0 Å². The second-order valence-electron chi connectivity index (χ2n) is 6.95. The van der Waals surface area contributed by atoms with E-state index in [-0.39, 0.29) is 16.7 Å². The monoisotopic (exact) mass is 385 g/mol. The van der Waals surface area contributed by atoms with E-state index >= 15 is 0 Å². The van der Waals surface area contributed by atoms with Crippen LogP contribution in [0.5, 0.6) is 0 Å². The van der Waals surface area contributed by atoms with Crippen molar-refractivity contribution in [3.8, 4) is 0 Å². The highest BCUT2D eigenvalue weighted by atomic mass is 16.5. The first-order chi connectivity index (χ1) is 14.0. The average Bonchev–Trinajstić information content (AvgIpc) is 2.99. The van der Waals surface area contributed by atoms with Gasteiger partial charge in [-0.15, -0.1) is 0 Å². The summed E-state index contributed by atoms with van der Waals surface area (Å²) in [6.07, 6.45) is -0.433. The largest absolute Gasteiger partial charge is 0.454 e. The van der Waals surface area contributed by atoms with E-state index in [0.29, 0.717) is 5.69 Å². The fraction of sp³-hybridized carbons (Fsp3) is 0.125. The molecule has 1 aliphatic rings. The van der Waals surface area contributed by atoms with E-state index in [2.05, 4.69) is 0 Å². The molecular weight excluding hydrogens is 366 g/mol. The summed E-state index contributed by atoms with van der Waals surface area (Å²) in [4.78, 5) is 39.5. The van der Waals surface area contributed by atoms with Gasteiger partial charge in [-0.25, -0.2) is 9.69 Å². The second-order valence-corrected chi connectivity index (χ2v) is 6.95. The molecule has 29 heavy (non-hydrogen) atoms. The number of amides is 2. The van der Waals surface area contributed by atoms with Gasteiger partial charge in [0.25, 0.3) is 11.8 Å². The number of hydrogen-bond donors (Lipinski definition) is 0. The lowest BCUT2D eigenvalue weighted by molar-refractivity contribution is 0.0337. The molecule has 0 aliphatic carbocycles. The molecule has 1 heterocycles. The van der Waals surface area contributed by atoms with Gasteiger partial charge in [0.2, 0.25) is 0 Å². The molecular formula is C24H19NO4. The number of esters is 1. The molecule has 1 aliphatic heterocycles. The SMILES string of the molecule is Cc1ccccc1N1C(=O)c2ccc(C(=O)OC(C)c3ccccc3)cc2C1=O. The summed E-state index contributed by atoms with van der Waals surface area (Å²) in [6, 6.07) is 21.1. The first kappa shape index (κ1) is 18.6. The Hall–Kier alpha value is -3.73. The normalized spacial score (nSPS) is 13.9. The molecule has 1 unspecified atom stereocenters. The van der Waals surface area contributed by atoms with Crippen molar-refractivity contribution in [2.45, 2.75) is 20.0 Å². The molecule has 3 aromatic carbocycles. The third-order valence-electron chi connectivity index (χ3n) is 5.03. The number of carbonyl (C=O) groups excluding carboxylic acids is 3. The molecule has 0 saturated heterocycles. The summed E-state index contributed by atoms with van der Waals surface area (Å²) in [7, 11) is 0. The van der Waals surface area contributed by atoms with Crippen molar-refractivity contribution in [2.24, 2.45) is 0 Å². The number of ether oxygens (including phenoxy) is 1. The molecule has 2 amide bonds. The lowest BCUT2D eigenvalue weighted by Gasteiger charge is -2.16. The van der Waals surface area contributed by atoms with Gasteiger partial charge < -0.3 is 4.74 Å². The van der Waals surface area contributed by atoms with E-state index in [4.69, 9.17) is 4.74 Å². The van der Waals surface area contributed by atoms with Gasteiger partial charge in [0.1, 0.15) is 6.10 Å². The third-order valence-corrected chi connectivity index (χ3v) is 5.03. The minimum atomic E-state index is -0.543. The van der Waals surface area contributed by atoms with Crippen LogP contribution in [0.3, 0.4) is 0 Å². The lowest BCUT2D eigenvalue weighted by Crippen LogP contribution is -2.29. The van der Waals surface area contributed by atoms with Crippen molar-refractivity contribution in [1.82, 2.24) is 0 Å². The summed E-state index contributed by atoms with van der Waals surface area (Å²) < 4.78 is 5.53. The van der Waals surface area contributed by atoms with Gasteiger partial charge in [-0.05, 0) is 49.2 Å². The van der Waals surface area contributed by atoms with E-state index in [1.54, 1.807) is 19.1 Å². The Kier molecular flexibility index (Phi) is 4.72. The second kappa shape index (κ2) is 7.36. The number of rotatable bonds is 4. The molecule has 4 rings (SSSR count). The molecule has 0 N–H and O–H groups in total. The van der Waals surface area contributed by atoms with Gasteiger partial charge in [-0.1, -0.05) is 48.5 Å². The lowest BCUT2D eigenvalue weighted by atomic mass is 10.1. The number of para-hydroxylation sites is 1. The number of anilines is 1. The Morgan fingerprint density at radius 3 is 2.24 bits per heavy atom. The van der Waals surface area contributed by atoms with E-state index in [1.807, 2.05) is 49.4 Å². The number of aryl methyl sites for hydroxylation is 1. The van der Waals surface area contributed by atoms with Crippen molar-refractivity contribution in [3.05, 3.63) is 101 Å². The topological polar surface area (TPSA) is 63.7 Å². The molecule has 0 aromatic heterocycles. The summed E-state index contributed by atoms with van der Waals surface area (Å²) in [5.74, 6) is -1.37. The molecule has 3 aromatic rings. The minimum absolute atomic E-state index is 0.208. The summed E-state index contributed by atoms with van der Waals surface area (Å²) in [5, 5.41) is 0. The van der Waals surface area contributed by atoms with Gasteiger partial charge in [0.05, 0.1) is 22.4 Å². The van der Waals surface area contributed by atoms with E-state index in [9.17, 15) is 14.4 Å². The molecule has 5 nitrogen and oxygen atoms in total. The molecule has 0 bridgehead atoms. The van der Waals surface area contributed by atoms with Gasteiger partial charge in [0, 0.05) is 0 Å². The third kappa shape index (κ3) is 3.31. The van der Waals surface area contributed by atoms with Gasteiger partial charge >= 0.3 is 5.97 Å². The van der Waals surface area contributed by atoms with Gasteiger partial charge in [-0.2, -0.15) is 0 Å². The predicted octanol–water partition coefficient (Wildman–Crippen LogP) is 4.71. The molecule has 0 spiro atoms. The van der Waals surface area contributed by atoms with Crippen LogP contribution in [-0.4, -0.2) is 17.8 Å². The molecule has 0 radical (unpaired) electrons. The predicted molar refractivity (Wildman–Crippen MR) is 109 cm³/mol. The summed E-state index contributed by atoms with van der Waals surface area (Å²) in [6.45, 7) is 3.63. The molecule has 144 valence electrons. The van der Waals surface area contributed by atoms with Crippen molar-refractivity contribution in [2.75, 3.05) is 4.90 Å². The van der Waals surface area contributed by atoms with Gasteiger partial charge in [0.15, 0.2) is 0 Å². The highest BCUT2D eigenvalue weighted by Crippen LogP contribution is 2.31. The average molecular weight is 385 g/mol. The fourth-order valence-corrected chi connectivity index (χ4v) is 3.42. The van der Waals surface area contributed by atoms with E-state index in [0.717, 1.165) is 16.0 Å². The van der Waals surface area contributed by atoms with Crippen LogP contribution in [0.2, 0.25) is 0 Å². The zero-order valence-electron chi connectivity index (χ0n) is 16.1. The maximum absolute atomic E-state index is 12.9. The smallest absolute Gasteiger partial charge is 0.338 e. The highest BCUT2D eigenvalue weighted by Gasteiger charge is 2.37. The highest BCUT2D eigenvalue weighted by molar-refractivity contribution is 6.34. The van der Waals surface area contributed by atoms with Gasteiger partial charge in [-0.3, -0.25) is 9.59 Å². The fourth-order valence-electron chi connectivity index (χ4n) is 3.42. The number of fused-ring (bicyclic) bond motifs is 1. The zero-order valence-corrected chi connectivity index (χ0v) is 16.1. The minimum Gasteiger partial charge on any atom is -0.454 e. The summed E-state index contributed by atoms with van der Waals surface area (Å²) in [5.41, 5.74) is 2.96. The Bertz CT molecular complexity index is 1120. The maximum atomic E-state index is 12.9. The van der Waals surface area contributed by atoms with Crippen LogP contribution in [0.15, 0.2) is 72.8 Å². The molecule has 1 atom stereocenters. The zero-order chi connectivity index (χ0) is 20.5. The van der Waals surface area contributed by atoms with Crippen LogP contribution in [-0.2, 0) is 4.74 Å². The first-order valence-electron chi connectivity index (χ1n) is 9.32. The van der Waals surface area contributed by atoms with Crippen molar-refractivity contribution < 1.29 is 19.1 Å². The molecule has 5 heteroatoms. The van der Waals surface area contributed by atoms with Crippen LogP contribution < -0.4 is 4.90 Å². The summed E-state index contributed by atoms with van der Waals surface area (Å²) >= 11 is 0. The standard InChI is InChI=1S/C24H19NO4/c1-15-8-6-7-11-21(15)25-22(26)19-13-12-18(14-20(19)23(25)27)24(28)29-16(2)17-9-4-3-5-10-17/h3-14,16H,1-2H3. The maximum Gasteiger partial charge on any atom is 0.338 e. The van der Waals surface area contributed by atoms with Crippen LogP contribution in [0.4, 0.5) is 5.69 Å². The van der Waals surface area contributed by atoms with E-state index < -0.39 is 23.9 Å². The Labute approximate surface area is 168 Å². The Morgan fingerprint density at radius 2 is 1.52 bits per heavy atom. The van der Waals surface area contributed by atoms with Crippen LogP contribution >= 0.6 is 0 Å². The Balaban J connectivity index is 1.61. The van der Waals surface area contributed by atoms with Crippen molar-refractivity contribution in [3.63, 3.8) is 0 Å². The number of hydrogen-bond acceptors (Lipinski definition) is 4. The van der Waals surface area contributed by atoms with Crippen LogP contribution in [0.1, 0.15) is 55.2 Å². The van der Waals surface area contributed by atoms with Crippen molar-refractivity contribution >= 4 is 23.5 Å². The number of imide groups is 1. The number of nitrogens with zero attached hydrogens (tertiary/aromatic N) is 1. The molecule has 0 saturated carbocycles. The first-order valence-corrected chi connectivity index (χ1v) is 9.32. The van der Waals surface area contributed by atoms with E-state index in [1.165, 1.54) is 18.2 Å².